The van der Waals surface area contributed by atoms with Crippen molar-refractivity contribution in [2.24, 2.45) is 0 Å². The number of hydrogen-bond acceptors (Lipinski definition) is 3. The van der Waals surface area contributed by atoms with E-state index in [1.807, 2.05) is 0 Å². The summed E-state index contributed by atoms with van der Waals surface area (Å²) in [7, 11) is 1.37. The minimum atomic E-state index is -1.14. The SMILES string of the molecule is C=C(F)C(=O)OC=COC. The zero-order chi connectivity index (χ0) is 7.98. The summed E-state index contributed by atoms with van der Waals surface area (Å²) < 4.78 is 20.3. The molecule has 0 rings (SSSR count). The zero-order valence-electron chi connectivity index (χ0n) is 5.46. The number of carbonyl (C=O) groups is 1. The van der Waals surface area contributed by atoms with Crippen LogP contribution in [0.2, 0.25) is 0 Å². The molecule has 3 nitrogen and oxygen atoms in total. The van der Waals surface area contributed by atoms with Crippen molar-refractivity contribution in [3.8, 4) is 0 Å². The van der Waals surface area contributed by atoms with Gasteiger partial charge in [-0.1, -0.05) is 6.58 Å². The van der Waals surface area contributed by atoms with E-state index in [1.54, 1.807) is 0 Å². The summed E-state index contributed by atoms with van der Waals surface area (Å²) in [6, 6.07) is 0. The van der Waals surface area contributed by atoms with Crippen molar-refractivity contribution < 1.29 is 18.7 Å². The first kappa shape index (κ1) is 8.68. The molecule has 10 heavy (non-hydrogen) atoms. The van der Waals surface area contributed by atoms with Gasteiger partial charge in [-0.3, -0.25) is 0 Å². The second-order valence-corrected chi connectivity index (χ2v) is 1.32. The molecule has 0 aliphatic carbocycles. The van der Waals surface area contributed by atoms with Gasteiger partial charge in [-0.15, -0.1) is 0 Å². The standard InChI is InChI=1S/C6H7FO3/c1-5(7)6(8)10-4-3-9-2/h3-4H,1H2,2H3. The molecular weight excluding hydrogens is 139 g/mol. The van der Waals surface area contributed by atoms with Crippen LogP contribution < -0.4 is 0 Å². The first-order valence-corrected chi connectivity index (χ1v) is 2.41. The van der Waals surface area contributed by atoms with Gasteiger partial charge in [-0.05, 0) is 0 Å². The summed E-state index contributed by atoms with van der Waals surface area (Å²) >= 11 is 0. The number of esters is 1. The van der Waals surface area contributed by atoms with Crippen LogP contribution in [0.1, 0.15) is 0 Å². The van der Waals surface area contributed by atoms with Gasteiger partial charge in [0, 0.05) is 0 Å². The topological polar surface area (TPSA) is 35.5 Å². The molecular formula is C6H7FO3. The Bertz CT molecular complexity index is 162. The molecule has 0 bridgehead atoms. The van der Waals surface area contributed by atoms with Gasteiger partial charge in [-0.2, -0.15) is 4.39 Å². The van der Waals surface area contributed by atoms with E-state index in [0.717, 1.165) is 12.5 Å². The number of rotatable bonds is 3. The number of methoxy groups -OCH3 is 1. The van der Waals surface area contributed by atoms with Gasteiger partial charge in [0.15, 0.2) is 0 Å². The van der Waals surface area contributed by atoms with Crippen molar-refractivity contribution in [1.29, 1.82) is 0 Å². The highest BCUT2D eigenvalue weighted by atomic mass is 19.1. The molecule has 0 saturated carbocycles. The molecule has 0 atom stereocenters. The van der Waals surface area contributed by atoms with Gasteiger partial charge >= 0.3 is 5.97 Å². The lowest BCUT2D eigenvalue weighted by Gasteiger charge is -1.92. The predicted octanol–water partition coefficient (Wildman–Crippen LogP) is 1.13. The monoisotopic (exact) mass is 146 g/mol. The molecule has 0 aliphatic heterocycles. The summed E-state index contributed by atoms with van der Waals surface area (Å²) in [5, 5.41) is 0. The summed E-state index contributed by atoms with van der Waals surface area (Å²) in [4.78, 5) is 10.2. The normalized spacial score (nSPS) is 9.40. The molecule has 0 aromatic heterocycles. The largest absolute Gasteiger partial charge is 0.501 e. The molecule has 0 aromatic rings. The van der Waals surface area contributed by atoms with E-state index < -0.39 is 11.8 Å². The minimum Gasteiger partial charge on any atom is -0.501 e. The Morgan fingerprint density at radius 1 is 1.60 bits per heavy atom. The lowest BCUT2D eigenvalue weighted by Crippen LogP contribution is -1.97. The van der Waals surface area contributed by atoms with Crippen molar-refractivity contribution >= 4 is 5.97 Å². The molecule has 0 radical (unpaired) electrons. The maximum atomic E-state index is 11.8. The van der Waals surface area contributed by atoms with Crippen molar-refractivity contribution in [1.82, 2.24) is 0 Å². The van der Waals surface area contributed by atoms with Gasteiger partial charge in [0.2, 0.25) is 5.83 Å². The van der Waals surface area contributed by atoms with Gasteiger partial charge in [-0.25, -0.2) is 4.79 Å². The molecule has 4 heteroatoms. The molecule has 0 unspecified atom stereocenters. The molecule has 0 fully saturated rings. The van der Waals surface area contributed by atoms with Gasteiger partial charge in [0.1, 0.15) is 12.5 Å². The Labute approximate surface area is 57.7 Å². The van der Waals surface area contributed by atoms with Crippen molar-refractivity contribution in [2.75, 3.05) is 7.11 Å². The van der Waals surface area contributed by atoms with E-state index in [1.165, 1.54) is 7.11 Å². The lowest BCUT2D eigenvalue weighted by molar-refractivity contribution is -0.135. The molecule has 0 N–H and O–H groups in total. The Balaban J connectivity index is 3.60. The third-order valence-corrected chi connectivity index (χ3v) is 0.588. The molecule has 0 amide bonds. The van der Waals surface area contributed by atoms with E-state index >= 15 is 0 Å². The molecule has 0 saturated heterocycles. The first-order chi connectivity index (χ1) is 4.68. The van der Waals surface area contributed by atoms with Crippen LogP contribution in [0.4, 0.5) is 4.39 Å². The summed E-state index contributed by atoms with van der Waals surface area (Å²) in [6.45, 7) is 2.72. The van der Waals surface area contributed by atoms with E-state index in [2.05, 4.69) is 16.1 Å². The predicted molar refractivity (Wildman–Crippen MR) is 32.5 cm³/mol. The number of halogens is 1. The molecule has 0 aliphatic rings. The highest BCUT2D eigenvalue weighted by Crippen LogP contribution is 1.94. The molecule has 0 spiro atoms. The molecule has 56 valence electrons. The van der Waals surface area contributed by atoms with Crippen LogP contribution >= 0.6 is 0 Å². The fraction of sp³-hybridized carbons (Fsp3) is 0.167. The fourth-order valence-electron chi connectivity index (χ4n) is 0.209. The van der Waals surface area contributed by atoms with Crippen LogP contribution in [0.25, 0.3) is 0 Å². The molecule has 0 heterocycles. The van der Waals surface area contributed by atoms with Gasteiger partial charge in [0.05, 0.1) is 7.11 Å². The number of hydrogen-bond donors (Lipinski definition) is 0. The van der Waals surface area contributed by atoms with Crippen LogP contribution in [0, 0.1) is 0 Å². The van der Waals surface area contributed by atoms with Gasteiger partial charge in [0.25, 0.3) is 0 Å². The highest BCUT2D eigenvalue weighted by molar-refractivity contribution is 5.85. The Morgan fingerprint density at radius 2 is 2.20 bits per heavy atom. The lowest BCUT2D eigenvalue weighted by atomic mass is 10.6. The van der Waals surface area contributed by atoms with Crippen LogP contribution in [-0.4, -0.2) is 13.1 Å². The van der Waals surface area contributed by atoms with Crippen LogP contribution in [0.5, 0.6) is 0 Å². The summed E-state index contributed by atoms with van der Waals surface area (Å²) in [5.41, 5.74) is 0. The summed E-state index contributed by atoms with van der Waals surface area (Å²) in [6.07, 6.45) is 2.02. The van der Waals surface area contributed by atoms with Crippen molar-refractivity contribution in [2.45, 2.75) is 0 Å². The van der Waals surface area contributed by atoms with E-state index in [-0.39, 0.29) is 0 Å². The fourth-order valence-corrected chi connectivity index (χ4v) is 0.209. The van der Waals surface area contributed by atoms with E-state index in [9.17, 15) is 9.18 Å². The molecule has 0 aromatic carbocycles. The average Bonchev–Trinajstić information content (AvgIpc) is 1.88. The van der Waals surface area contributed by atoms with E-state index in [4.69, 9.17) is 0 Å². The van der Waals surface area contributed by atoms with E-state index in [0.29, 0.717) is 0 Å². The number of carbonyl (C=O) groups excluding carboxylic acids is 1. The van der Waals surface area contributed by atoms with Crippen molar-refractivity contribution in [3.05, 3.63) is 24.9 Å². The second kappa shape index (κ2) is 4.55. The Hall–Kier alpha value is -1.32. The minimum absolute atomic E-state index is 0.924. The van der Waals surface area contributed by atoms with Crippen molar-refractivity contribution in [3.63, 3.8) is 0 Å². The van der Waals surface area contributed by atoms with Gasteiger partial charge < -0.3 is 9.47 Å². The third kappa shape index (κ3) is 3.65. The smallest absolute Gasteiger partial charge is 0.371 e. The number of ether oxygens (including phenoxy) is 2. The second-order valence-electron chi connectivity index (χ2n) is 1.32. The Morgan fingerprint density at radius 3 is 2.60 bits per heavy atom. The first-order valence-electron chi connectivity index (χ1n) is 2.41. The third-order valence-electron chi connectivity index (χ3n) is 0.588. The maximum absolute atomic E-state index is 11.8. The summed E-state index contributed by atoms with van der Waals surface area (Å²) in [5.74, 6) is -2.26. The zero-order valence-corrected chi connectivity index (χ0v) is 5.46. The van der Waals surface area contributed by atoms with Crippen LogP contribution in [-0.2, 0) is 14.3 Å². The van der Waals surface area contributed by atoms with Crippen LogP contribution in [0.15, 0.2) is 24.9 Å². The maximum Gasteiger partial charge on any atom is 0.371 e. The Kier molecular flexibility index (Phi) is 3.95. The average molecular weight is 146 g/mol. The highest BCUT2D eigenvalue weighted by Gasteiger charge is 2.03. The quantitative estimate of drug-likeness (QED) is 0.340. The van der Waals surface area contributed by atoms with Crippen LogP contribution in [0.3, 0.4) is 0 Å².